The van der Waals surface area contributed by atoms with Crippen LogP contribution in [-0.2, 0) is 0 Å². The van der Waals surface area contributed by atoms with Gasteiger partial charge >= 0.3 is 0 Å². The monoisotopic (exact) mass is 550 g/mol. The number of ether oxygens (including phenoxy) is 1. The molecule has 0 unspecified atom stereocenters. The number of carbonyl (C=O) groups excluding carboxylic acids is 1. The zero-order valence-electron chi connectivity index (χ0n) is 21.8. The van der Waals surface area contributed by atoms with Crippen LogP contribution in [0.3, 0.4) is 0 Å². The van der Waals surface area contributed by atoms with E-state index in [9.17, 15) is 4.79 Å². The van der Waals surface area contributed by atoms with Crippen LogP contribution in [0.5, 0.6) is 5.75 Å². The number of thiophene rings is 1. The SMILES string of the molecule is CC(=O)c1ccc(-c2cncc3[nH]c(-c4n[nH]c5cnc(-c6cncc(OCCN7CCCC7)c6)cc45)nc23)s1. The molecule has 40 heavy (non-hydrogen) atoms. The molecule has 2 N–H and O–H groups in total. The number of H-pyrrole nitrogens is 2. The number of pyridine rings is 3. The first-order valence-corrected chi connectivity index (χ1v) is 14.0. The molecular weight excluding hydrogens is 524 g/mol. The molecule has 1 fully saturated rings. The maximum absolute atomic E-state index is 11.8. The van der Waals surface area contributed by atoms with Gasteiger partial charge < -0.3 is 9.72 Å². The highest BCUT2D eigenvalue weighted by Crippen LogP contribution is 2.35. The van der Waals surface area contributed by atoms with Crippen molar-refractivity contribution in [3.05, 3.63) is 60.1 Å². The van der Waals surface area contributed by atoms with Gasteiger partial charge in [-0.15, -0.1) is 11.3 Å². The molecule has 0 saturated carbocycles. The van der Waals surface area contributed by atoms with E-state index in [2.05, 4.69) is 35.0 Å². The minimum Gasteiger partial charge on any atom is -0.491 e. The molecule has 0 spiro atoms. The normalized spacial score (nSPS) is 13.9. The number of likely N-dealkylation sites (tertiary alicyclic amines) is 1. The maximum Gasteiger partial charge on any atom is 0.169 e. The molecule has 200 valence electrons. The largest absolute Gasteiger partial charge is 0.491 e. The summed E-state index contributed by atoms with van der Waals surface area (Å²) in [5, 5.41) is 8.51. The molecule has 0 atom stereocenters. The molecular formula is C29H26N8O2S. The number of carbonyl (C=O) groups is 1. The number of aromatic nitrogens is 7. The number of fused-ring (bicyclic) bond motifs is 2. The fraction of sp³-hybridized carbons (Fsp3) is 0.241. The minimum absolute atomic E-state index is 0.0425. The van der Waals surface area contributed by atoms with Crippen molar-refractivity contribution in [3.8, 4) is 39.0 Å². The second kappa shape index (κ2) is 10.2. The summed E-state index contributed by atoms with van der Waals surface area (Å²) in [5.41, 5.74) is 5.54. The van der Waals surface area contributed by atoms with Gasteiger partial charge in [-0.05, 0) is 57.1 Å². The topological polar surface area (TPSA) is 126 Å². The first kappa shape index (κ1) is 24.6. The van der Waals surface area contributed by atoms with Crippen LogP contribution in [0.15, 0.2) is 55.2 Å². The average Bonchev–Trinajstić information content (AvgIpc) is 3.78. The van der Waals surface area contributed by atoms with E-state index >= 15 is 0 Å². The molecule has 7 heterocycles. The van der Waals surface area contributed by atoms with Gasteiger partial charge in [0.1, 0.15) is 23.6 Å². The van der Waals surface area contributed by atoms with Gasteiger partial charge in [0.25, 0.3) is 0 Å². The first-order chi connectivity index (χ1) is 19.6. The van der Waals surface area contributed by atoms with Crippen molar-refractivity contribution in [1.29, 1.82) is 0 Å². The lowest BCUT2D eigenvalue weighted by Gasteiger charge is -2.15. The molecule has 6 aromatic heterocycles. The molecule has 6 aromatic rings. The van der Waals surface area contributed by atoms with Crippen LogP contribution in [0.4, 0.5) is 0 Å². The van der Waals surface area contributed by atoms with Gasteiger partial charge in [0.2, 0.25) is 0 Å². The van der Waals surface area contributed by atoms with Crippen LogP contribution in [0.2, 0.25) is 0 Å². The number of ketones is 1. The Morgan fingerprint density at radius 3 is 2.77 bits per heavy atom. The van der Waals surface area contributed by atoms with Gasteiger partial charge in [0.15, 0.2) is 11.6 Å². The Morgan fingerprint density at radius 1 is 1.05 bits per heavy atom. The Labute approximate surface area is 233 Å². The van der Waals surface area contributed by atoms with Gasteiger partial charge in [-0.25, -0.2) is 4.98 Å². The van der Waals surface area contributed by atoms with Gasteiger partial charge in [0, 0.05) is 40.3 Å². The fourth-order valence-corrected chi connectivity index (χ4v) is 6.00. The van der Waals surface area contributed by atoms with Crippen molar-refractivity contribution in [2.45, 2.75) is 19.8 Å². The summed E-state index contributed by atoms with van der Waals surface area (Å²) >= 11 is 1.44. The van der Waals surface area contributed by atoms with Gasteiger partial charge in [-0.2, -0.15) is 5.10 Å². The molecule has 10 nitrogen and oxygen atoms in total. The molecule has 1 aliphatic rings. The Morgan fingerprint density at radius 2 is 1.93 bits per heavy atom. The molecule has 0 aliphatic carbocycles. The predicted molar refractivity (Wildman–Crippen MR) is 154 cm³/mol. The summed E-state index contributed by atoms with van der Waals surface area (Å²) in [7, 11) is 0. The van der Waals surface area contributed by atoms with E-state index in [0.717, 1.165) is 69.0 Å². The van der Waals surface area contributed by atoms with Crippen LogP contribution < -0.4 is 4.74 Å². The third-order valence-electron chi connectivity index (χ3n) is 7.17. The zero-order valence-corrected chi connectivity index (χ0v) is 22.7. The Hall–Kier alpha value is -4.48. The van der Waals surface area contributed by atoms with E-state index in [-0.39, 0.29) is 5.78 Å². The van der Waals surface area contributed by atoms with Crippen LogP contribution in [0.1, 0.15) is 29.4 Å². The number of rotatable bonds is 8. The number of hydrogen-bond donors (Lipinski definition) is 2. The Kier molecular flexibility index (Phi) is 6.29. The number of Topliss-reactive ketones (excluding diaryl/α,β-unsaturated/α-hetero) is 1. The number of nitrogens with zero attached hydrogens (tertiary/aromatic N) is 6. The van der Waals surface area contributed by atoms with Gasteiger partial charge in [0.05, 0.1) is 40.2 Å². The highest BCUT2D eigenvalue weighted by Gasteiger charge is 2.18. The lowest BCUT2D eigenvalue weighted by Crippen LogP contribution is -2.25. The molecule has 1 aliphatic heterocycles. The van der Waals surface area contributed by atoms with Crippen LogP contribution in [-0.4, -0.2) is 72.0 Å². The van der Waals surface area contributed by atoms with Gasteiger partial charge in [-0.1, -0.05) is 0 Å². The zero-order chi connectivity index (χ0) is 27.1. The van der Waals surface area contributed by atoms with Crippen molar-refractivity contribution in [2.24, 2.45) is 0 Å². The van der Waals surface area contributed by atoms with Crippen molar-refractivity contribution >= 4 is 39.1 Å². The summed E-state index contributed by atoms with van der Waals surface area (Å²) < 4.78 is 6.00. The standard InChI is InChI=1S/C29H26N8O2S/c1-17(38)25-4-5-26(40-25)21-14-31-15-24-27(21)34-29(33-24)28-20-11-22(32-16-23(20)35-36-28)18-10-19(13-30-12-18)39-9-8-37-6-2-3-7-37/h4-5,10-16H,2-3,6-9H2,1H3,(H,33,34)(H,35,36). The van der Waals surface area contributed by atoms with E-state index < -0.39 is 0 Å². The summed E-state index contributed by atoms with van der Waals surface area (Å²) in [6, 6.07) is 7.74. The van der Waals surface area contributed by atoms with Crippen molar-refractivity contribution in [1.82, 2.24) is 40.0 Å². The molecule has 0 bridgehead atoms. The number of hydrogen-bond acceptors (Lipinski definition) is 9. The molecule has 11 heteroatoms. The summed E-state index contributed by atoms with van der Waals surface area (Å²) in [5.74, 6) is 1.39. The molecule has 0 aromatic carbocycles. The summed E-state index contributed by atoms with van der Waals surface area (Å²) in [6.07, 6.45) is 11.4. The summed E-state index contributed by atoms with van der Waals surface area (Å²) in [4.78, 5) is 37.6. The van der Waals surface area contributed by atoms with Crippen molar-refractivity contribution in [2.75, 3.05) is 26.2 Å². The smallest absolute Gasteiger partial charge is 0.169 e. The van der Waals surface area contributed by atoms with Crippen molar-refractivity contribution < 1.29 is 9.53 Å². The summed E-state index contributed by atoms with van der Waals surface area (Å²) in [6.45, 7) is 5.43. The fourth-order valence-electron chi connectivity index (χ4n) is 5.09. The average molecular weight is 551 g/mol. The Balaban J connectivity index is 1.20. The second-order valence-corrected chi connectivity index (χ2v) is 11.0. The third-order valence-corrected chi connectivity index (χ3v) is 8.39. The van der Waals surface area contributed by atoms with E-state index in [4.69, 9.17) is 9.72 Å². The first-order valence-electron chi connectivity index (χ1n) is 13.2. The maximum atomic E-state index is 11.8. The minimum atomic E-state index is 0.0425. The highest BCUT2D eigenvalue weighted by molar-refractivity contribution is 7.17. The Bertz CT molecular complexity index is 1850. The van der Waals surface area contributed by atoms with Crippen LogP contribution >= 0.6 is 11.3 Å². The van der Waals surface area contributed by atoms with E-state index in [0.29, 0.717) is 23.0 Å². The quantitative estimate of drug-likeness (QED) is 0.243. The molecule has 1 saturated heterocycles. The number of imidazole rings is 1. The molecule has 0 radical (unpaired) electrons. The number of aromatic amines is 2. The number of nitrogens with one attached hydrogen (secondary N) is 2. The predicted octanol–water partition coefficient (Wildman–Crippen LogP) is 5.36. The van der Waals surface area contributed by atoms with E-state index in [1.54, 1.807) is 37.9 Å². The van der Waals surface area contributed by atoms with E-state index in [1.165, 1.54) is 24.2 Å². The molecule has 7 rings (SSSR count). The van der Waals surface area contributed by atoms with E-state index in [1.807, 2.05) is 24.3 Å². The van der Waals surface area contributed by atoms with Crippen molar-refractivity contribution in [3.63, 3.8) is 0 Å². The van der Waals surface area contributed by atoms with Crippen LogP contribution in [0.25, 0.3) is 55.2 Å². The lowest BCUT2D eigenvalue weighted by molar-refractivity contribution is 0.102. The van der Waals surface area contributed by atoms with Gasteiger partial charge in [-0.3, -0.25) is 29.7 Å². The lowest BCUT2D eigenvalue weighted by atomic mass is 10.1. The van der Waals surface area contributed by atoms with Crippen LogP contribution in [0, 0.1) is 0 Å². The second-order valence-electron chi connectivity index (χ2n) is 9.88. The molecule has 0 amide bonds. The third kappa shape index (κ3) is 4.63. The highest BCUT2D eigenvalue weighted by atomic mass is 32.1.